The number of benzene rings is 1. The molecule has 4 nitrogen and oxygen atoms in total. The van der Waals surface area contributed by atoms with Crippen molar-refractivity contribution in [3.63, 3.8) is 0 Å². The topological polar surface area (TPSA) is 45.5 Å². The maximum Gasteiger partial charge on any atom is 0.251 e. The second-order valence-electron chi connectivity index (χ2n) is 6.52. The Morgan fingerprint density at radius 3 is 2.59 bits per heavy atom. The van der Waals surface area contributed by atoms with Gasteiger partial charge in [0.25, 0.3) is 5.91 Å². The lowest BCUT2D eigenvalue weighted by molar-refractivity contribution is 0.0934. The van der Waals surface area contributed by atoms with Gasteiger partial charge < -0.3 is 9.73 Å². The molecule has 0 aliphatic carbocycles. The monoisotopic (exact) mass is 398 g/mol. The molecule has 0 spiro atoms. The van der Waals surface area contributed by atoms with E-state index in [1.165, 1.54) is 5.56 Å². The van der Waals surface area contributed by atoms with Gasteiger partial charge in [0.1, 0.15) is 0 Å². The highest BCUT2D eigenvalue weighted by atomic mass is 32.2. The fourth-order valence-corrected chi connectivity index (χ4v) is 4.94. The predicted molar refractivity (Wildman–Crippen MR) is 112 cm³/mol. The van der Waals surface area contributed by atoms with Crippen LogP contribution in [0.5, 0.6) is 0 Å². The molecular formula is C21H22N2O2S2. The number of amides is 1. The molecule has 3 heterocycles. The minimum atomic E-state index is -0.0354. The van der Waals surface area contributed by atoms with Gasteiger partial charge in [0.05, 0.1) is 18.6 Å². The Morgan fingerprint density at radius 2 is 1.93 bits per heavy atom. The molecule has 1 amide bonds. The smallest absolute Gasteiger partial charge is 0.251 e. The van der Waals surface area contributed by atoms with Crippen molar-refractivity contribution in [3.05, 3.63) is 70.8 Å². The van der Waals surface area contributed by atoms with Crippen LogP contribution in [-0.2, 0) is 0 Å². The second kappa shape index (κ2) is 8.78. The Morgan fingerprint density at radius 1 is 1.11 bits per heavy atom. The van der Waals surface area contributed by atoms with Gasteiger partial charge in [-0.3, -0.25) is 9.69 Å². The SMILES string of the molecule is O=C(NC[C@@H](c1ccoc1)N1CCSCC1)c1ccc(-c2ccsc2)cc1. The molecule has 0 radical (unpaired) electrons. The van der Waals surface area contributed by atoms with E-state index >= 15 is 0 Å². The second-order valence-corrected chi connectivity index (χ2v) is 8.53. The number of rotatable bonds is 6. The van der Waals surface area contributed by atoms with Gasteiger partial charge in [-0.2, -0.15) is 23.1 Å². The van der Waals surface area contributed by atoms with Crippen LogP contribution >= 0.6 is 23.1 Å². The van der Waals surface area contributed by atoms with Crippen LogP contribution in [-0.4, -0.2) is 41.9 Å². The lowest BCUT2D eigenvalue weighted by Crippen LogP contribution is -2.41. The normalized spacial score (nSPS) is 16.1. The summed E-state index contributed by atoms with van der Waals surface area (Å²) in [5.41, 5.74) is 4.13. The van der Waals surface area contributed by atoms with Gasteiger partial charge in [0, 0.05) is 42.3 Å². The first-order valence-corrected chi connectivity index (χ1v) is 11.2. The highest BCUT2D eigenvalue weighted by molar-refractivity contribution is 7.99. The van der Waals surface area contributed by atoms with Crippen LogP contribution in [0.25, 0.3) is 11.1 Å². The van der Waals surface area contributed by atoms with Gasteiger partial charge in [-0.25, -0.2) is 0 Å². The number of nitrogens with one attached hydrogen (secondary N) is 1. The molecule has 27 heavy (non-hydrogen) atoms. The first-order chi connectivity index (χ1) is 13.3. The van der Waals surface area contributed by atoms with Crippen molar-refractivity contribution in [2.45, 2.75) is 6.04 Å². The zero-order valence-corrected chi connectivity index (χ0v) is 16.6. The molecule has 6 heteroatoms. The number of carbonyl (C=O) groups is 1. The molecule has 1 saturated heterocycles. The Hall–Kier alpha value is -2.02. The Bertz CT molecular complexity index is 839. The van der Waals surface area contributed by atoms with Crippen molar-refractivity contribution in [2.24, 2.45) is 0 Å². The van der Waals surface area contributed by atoms with Crippen molar-refractivity contribution in [3.8, 4) is 11.1 Å². The van der Waals surface area contributed by atoms with Gasteiger partial charge in [-0.1, -0.05) is 12.1 Å². The highest BCUT2D eigenvalue weighted by Gasteiger charge is 2.24. The van der Waals surface area contributed by atoms with Crippen LogP contribution in [0.3, 0.4) is 0 Å². The molecule has 1 N–H and O–H groups in total. The van der Waals surface area contributed by atoms with E-state index < -0.39 is 0 Å². The van der Waals surface area contributed by atoms with Crippen LogP contribution in [0, 0.1) is 0 Å². The van der Waals surface area contributed by atoms with Gasteiger partial charge in [0.2, 0.25) is 0 Å². The molecule has 4 rings (SSSR count). The summed E-state index contributed by atoms with van der Waals surface area (Å²) in [6, 6.07) is 12.0. The number of hydrogen-bond donors (Lipinski definition) is 1. The summed E-state index contributed by atoms with van der Waals surface area (Å²) >= 11 is 3.66. The number of hydrogen-bond acceptors (Lipinski definition) is 5. The first kappa shape index (κ1) is 18.3. The largest absolute Gasteiger partial charge is 0.472 e. The maximum atomic E-state index is 12.6. The number of nitrogens with zero attached hydrogens (tertiary/aromatic N) is 1. The zero-order valence-electron chi connectivity index (χ0n) is 15.0. The third-order valence-corrected chi connectivity index (χ3v) is 6.50. The highest BCUT2D eigenvalue weighted by Crippen LogP contribution is 2.25. The lowest BCUT2D eigenvalue weighted by atomic mass is 10.1. The molecule has 2 aromatic heterocycles. The summed E-state index contributed by atoms with van der Waals surface area (Å²) in [5.74, 6) is 2.23. The van der Waals surface area contributed by atoms with Crippen LogP contribution in [0.15, 0.2) is 64.1 Å². The first-order valence-electron chi connectivity index (χ1n) is 9.06. The standard InChI is InChI=1S/C21H22N2O2S2/c24-21(17-3-1-16(2-4-17)19-6-10-27-15-19)22-13-20(18-5-9-25-14-18)23-7-11-26-12-8-23/h1-6,9-10,14-15,20H,7-8,11-13H2,(H,22,24)/t20-/m0/s1. The van der Waals surface area contributed by atoms with E-state index in [0.717, 1.165) is 35.7 Å². The summed E-state index contributed by atoms with van der Waals surface area (Å²) in [4.78, 5) is 15.1. The Labute approximate surface area is 167 Å². The summed E-state index contributed by atoms with van der Waals surface area (Å²) < 4.78 is 5.28. The van der Waals surface area contributed by atoms with Crippen molar-refractivity contribution < 1.29 is 9.21 Å². The average Bonchev–Trinajstić information content (AvgIpc) is 3.43. The number of thioether (sulfide) groups is 1. The fourth-order valence-electron chi connectivity index (χ4n) is 3.35. The molecule has 0 saturated carbocycles. The summed E-state index contributed by atoms with van der Waals surface area (Å²) in [6.07, 6.45) is 3.49. The third-order valence-electron chi connectivity index (χ3n) is 4.87. The predicted octanol–water partition coefficient (Wildman–Crippen LogP) is 4.53. The molecule has 1 aliphatic rings. The maximum absolute atomic E-state index is 12.6. The number of thiophene rings is 1. The zero-order chi connectivity index (χ0) is 18.5. The van der Waals surface area contributed by atoms with Gasteiger partial charge in [-0.15, -0.1) is 0 Å². The molecule has 3 aromatic rings. The van der Waals surface area contributed by atoms with E-state index in [4.69, 9.17) is 4.42 Å². The van der Waals surface area contributed by atoms with Crippen molar-refractivity contribution in [1.29, 1.82) is 0 Å². The molecule has 1 atom stereocenters. The van der Waals surface area contributed by atoms with Crippen molar-refractivity contribution >= 4 is 29.0 Å². The average molecular weight is 399 g/mol. The third kappa shape index (κ3) is 4.46. The molecule has 140 valence electrons. The van der Waals surface area contributed by atoms with Gasteiger partial charge in [0.15, 0.2) is 0 Å². The van der Waals surface area contributed by atoms with Crippen molar-refractivity contribution in [1.82, 2.24) is 10.2 Å². The summed E-state index contributed by atoms with van der Waals surface area (Å²) in [6.45, 7) is 2.65. The molecule has 1 aromatic carbocycles. The Kier molecular flexibility index (Phi) is 5.97. The minimum absolute atomic E-state index is 0.0354. The van der Waals surface area contributed by atoms with E-state index in [1.54, 1.807) is 23.9 Å². The summed E-state index contributed by atoms with van der Waals surface area (Å²) in [7, 11) is 0. The van der Waals surface area contributed by atoms with E-state index in [9.17, 15) is 4.79 Å². The summed E-state index contributed by atoms with van der Waals surface area (Å²) in [5, 5.41) is 7.29. The van der Waals surface area contributed by atoms with Gasteiger partial charge in [-0.05, 0) is 46.2 Å². The molecule has 1 fully saturated rings. The van der Waals surface area contributed by atoms with E-state index in [1.807, 2.05) is 42.1 Å². The quantitative estimate of drug-likeness (QED) is 0.663. The molecule has 1 aliphatic heterocycles. The fraction of sp³-hybridized carbons (Fsp3) is 0.286. The van der Waals surface area contributed by atoms with E-state index in [2.05, 4.69) is 27.0 Å². The molecule has 0 unspecified atom stereocenters. The Balaban J connectivity index is 1.41. The van der Waals surface area contributed by atoms with Crippen LogP contribution in [0.2, 0.25) is 0 Å². The number of furan rings is 1. The van der Waals surface area contributed by atoms with E-state index in [-0.39, 0.29) is 11.9 Å². The van der Waals surface area contributed by atoms with Gasteiger partial charge >= 0.3 is 0 Å². The lowest BCUT2D eigenvalue weighted by Gasteiger charge is -2.34. The number of carbonyl (C=O) groups excluding carboxylic acids is 1. The van der Waals surface area contributed by atoms with E-state index in [0.29, 0.717) is 12.1 Å². The minimum Gasteiger partial charge on any atom is -0.472 e. The van der Waals surface area contributed by atoms with Crippen LogP contribution < -0.4 is 5.32 Å². The molecular weight excluding hydrogens is 376 g/mol. The van der Waals surface area contributed by atoms with Crippen LogP contribution in [0.1, 0.15) is 22.0 Å². The van der Waals surface area contributed by atoms with Crippen LogP contribution in [0.4, 0.5) is 0 Å². The van der Waals surface area contributed by atoms with Crippen molar-refractivity contribution in [2.75, 3.05) is 31.1 Å². The molecule has 0 bridgehead atoms.